The number of hydrogen-bond acceptors (Lipinski definition) is 4. The highest BCUT2D eigenvalue weighted by molar-refractivity contribution is 4.68. The van der Waals surface area contributed by atoms with Crippen molar-refractivity contribution in [2.45, 2.75) is 6.92 Å². The maximum absolute atomic E-state index is 10.2. The highest BCUT2D eigenvalue weighted by Gasteiger charge is 1.84. The first kappa shape index (κ1) is 4.89. The number of rotatable bonds is 0. The molecule has 1 heterocycles. The Bertz CT molecular complexity index is 229. The standard InChI is InChI=1S/C3H4N4O/c1-2-4-3(8)6-7-5-2/h1H3,(H,4,5,6,8). The van der Waals surface area contributed by atoms with Crippen molar-refractivity contribution < 1.29 is 0 Å². The largest absolute Gasteiger partial charge is 0.364 e. The van der Waals surface area contributed by atoms with Gasteiger partial charge in [0.2, 0.25) is 0 Å². The average Bonchev–Trinajstić information content (AvgIpc) is 1.64. The van der Waals surface area contributed by atoms with Crippen LogP contribution in [0.25, 0.3) is 0 Å². The smallest absolute Gasteiger partial charge is 0.244 e. The molecule has 5 heteroatoms. The fraction of sp³-hybridized carbons (Fsp3) is 0.333. The zero-order chi connectivity index (χ0) is 5.98. The second-order valence-electron chi connectivity index (χ2n) is 1.28. The van der Waals surface area contributed by atoms with Crippen LogP contribution in [0, 0.1) is 6.92 Å². The van der Waals surface area contributed by atoms with Gasteiger partial charge in [-0.1, -0.05) is 5.21 Å². The van der Waals surface area contributed by atoms with E-state index in [-0.39, 0.29) is 0 Å². The van der Waals surface area contributed by atoms with Crippen LogP contribution in [0.15, 0.2) is 4.79 Å². The van der Waals surface area contributed by atoms with E-state index in [0.29, 0.717) is 5.82 Å². The zero-order valence-electron chi connectivity index (χ0n) is 4.25. The lowest BCUT2D eigenvalue weighted by Crippen LogP contribution is -2.14. The van der Waals surface area contributed by atoms with E-state index in [1.807, 2.05) is 5.10 Å². The Balaban J connectivity index is 3.28. The van der Waals surface area contributed by atoms with E-state index in [1.54, 1.807) is 6.92 Å². The van der Waals surface area contributed by atoms with Gasteiger partial charge in [-0.2, -0.15) is 4.98 Å². The molecule has 0 aromatic carbocycles. The van der Waals surface area contributed by atoms with Crippen molar-refractivity contribution in [3.05, 3.63) is 16.3 Å². The average molecular weight is 112 g/mol. The summed E-state index contributed by atoms with van der Waals surface area (Å²) in [5.41, 5.74) is -0.461. The Morgan fingerprint density at radius 2 is 2.38 bits per heavy atom. The predicted octanol–water partition coefficient (Wildman–Crippen LogP) is -1.13. The minimum Gasteiger partial charge on any atom is -0.244 e. The summed E-state index contributed by atoms with van der Waals surface area (Å²) in [5, 5.41) is 8.70. The molecule has 0 saturated heterocycles. The lowest BCUT2D eigenvalue weighted by molar-refractivity contribution is 0.753. The number of hydrogen-bond donors (Lipinski definition) is 1. The van der Waals surface area contributed by atoms with Crippen molar-refractivity contribution in [2.24, 2.45) is 0 Å². The molecule has 0 spiro atoms. The molecule has 0 fully saturated rings. The van der Waals surface area contributed by atoms with Gasteiger partial charge in [0, 0.05) is 0 Å². The summed E-state index contributed by atoms with van der Waals surface area (Å²) in [6.45, 7) is 1.60. The zero-order valence-corrected chi connectivity index (χ0v) is 4.25. The molecule has 8 heavy (non-hydrogen) atoms. The Hall–Kier alpha value is -1.26. The van der Waals surface area contributed by atoms with Crippen LogP contribution in [-0.2, 0) is 0 Å². The van der Waals surface area contributed by atoms with Gasteiger partial charge in [0.1, 0.15) is 0 Å². The van der Waals surface area contributed by atoms with E-state index < -0.39 is 5.69 Å². The van der Waals surface area contributed by atoms with Crippen LogP contribution in [0.4, 0.5) is 0 Å². The van der Waals surface area contributed by atoms with Crippen molar-refractivity contribution in [1.82, 2.24) is 20.4 Å². The minimum absolute atomic E-state index is 0.383. The number of nitrogens with zero attached hydrogens (tertiary/aromatic N) is 3. The van der Waals surface area contributed by atoms with E-state index in [4.69, 9.17) is 0 Å². The van der Waals surface area contributed by atoms with Crippen LogP contribution >= 0.6 is 0 Å². The van der Waals surface area contributed by atoms with Gasteiger partial charge in [0.25, 0.3) is 0 Å². The molecule has 0 unspecified atom stereocenters. The van der Waals surface area contributed by atoms with Gasteiger partial charge in [-0.05, 0) is 6.92 Å². The fourth-order valence-electron chi connectivity index (χ4n) is 0.334. The molecular weight excluding hydrogens is 108 g/mol. The Kier molecular flexibility index (Phi) is 1.03. The summed E-state index contributed by atoms with van der Waals surface area (Å²) in [4.78, 5) is 13.6. The summed E-state index contributed by atoms with van der Waals surface area (Å²) >= 11 is 0. The van der Waals surface area contributed by atoms with Crippen LogP contribution in [-0.4, -0.2) is 20.4 Å². The number of aromatic amines is 1. The van der Waals surface area contributed by atoms with Crippen LogP contribution in [0.1, 0.15) is 5.82 Å². The summed E-state index contributed by atoms with van der Waals surface area (Å²) in [6.07, 6.45) is 0. The molecule has 0 bridgehead atoms. The third-order valence-corrected chi connectivity index (χ3v) is 0.604. The molecule has 0 aliphatic heterocycles. The highest BCUT2D eigenvalue weighted by atomic mass is 16.1. The summed E-state index contributed by atoms with van der Waals surface area (Å²) < 4.78 is 0. The second kappa shape index (κ2) is 1.69. The normalized spacial score (nSPS) is 9.12. The van der Waals surface area contributed by atoms with Gasteiger partial charge >= 0.3 is 5.69 Å². The van der Waals surface area contributed by atoms with Gasteiger partial charge in [-0.15, -0.1) is 5.10 Å². The van der Waals surface area contributed by atoms with E-state index in [9.17, 15) is 4.79 Å². The summed E-state index contributed by atoms with van der Waals surface area (Å²) in [5.74, 6) is 0.383. The van der Waals surface area contributed by atoms with Gasteiger partial charge < -0.3 is 0 Å². The first-order chi connectivity index (χ1) is 3.79. The molecule has 0 aliphatic rings. The Morgan fingerprint density at radius 1 is 1.62 bits per heavy atom. The molecule has 0 radical (unpaired) electrons. The molecule has 42 valence electrons. The fourth-order valence-corrected chi connectivity index (χ4v) is 0.334. The van der Waals surface area contributed by atoms with E-state index in [2.05, 4.69) is 15.3 Å². The molecule has 1 N–H and O–H groups in total. The topological polar surface area (TPSA) is 71.5 Å². The van der Waals surface area contributed by atoms with E-state index >= 15 is 0 Å². The van der Waals surface area contributed by atoms with Gasteiger partial charge in [0.05, 0.1) is 0 Å². The minimum atomic E-state index is -0.461. The first-order valence-corrected chi connectivity index (χ1v) is 2.05. The summed E-state index contributed by atoms with van der Waals surface area (Å²) in [6, 6.07) is 0. The summed E-state index contributed by atoms with van der Waals surface area (Å²) in [7, 11) is 0. The monoisotopic (exact) mass is 112 g/mol. The third-order valence-electron chi connectivity index (χ3n) is 0.604. The van der Waals surface area contributed by atoms with Crippen molar-refractivity contribution in [2.75, 3.05) is 0 Å². The van der Waals surface area contributed by atoms with Crippen LogP contribution < -0.4 is 5.69 Å². The molecule has 5 nitrogen and oxygen atoms in total. The lowest BCUT2D eigenvalue weighted by atomic mass is 10.7. The molecule has 1 rings (SSSR count). The second-order valence-corrected chi connectivity index (χ2v) is 1.28. The van der Waals surface area contributed by atoms with Crippen molar-refractivity contribution in [3.8, 4) is 0 Å². The van der Waals surface area contributed by atoms with Gasteiger partial charge in [-0.25, -0.2) is 9.89 Å². The first-order valence-electron chi connectivity index (χ1n) is 2.05. The molecule has 0 amide bonds. The van der Waals surface area contributed by atoms with E-state index in [1.165, 1.54) is 0 Å². The van der Waals surface area contributed by atoms with Crippen molar-refractivity contribution in [3.63, 3.8) is 0 Å². The third kappa shape index (κ3) is 0.868. The molecule has 0 saturated carbocycles. The van der Waals surface area contributed by atoms with Crippen LogP contribution in [0.2, 0.25) is 0 Å². The van der Waals surface area contributed by atoms with Crippen LogP contribution in [0.5, 0.6) is 0 Å². The molecule has 0 atom stereocenters. The van der Waals surface area contributed by atoms with Crippen molar-refractivity contribution in [1.29, 1.82) is 0 Å². The number of aromatic nitrogens is 4. The molecule has 1 aromatic rings. The lowest BCUT2D eigenvalue weighted by Gasteiger charge is -1.80. The Morgan fingerprint density at radius 3 is 2.75 bits per heavy atom. The van der Waals surface area contributed by atoms with E-state index in [0.717, 1.165) is 0 Å². The predicted molar refractivity (Wildman–Crippen MR) is 25.2 cm³/mol. The number of aryl methyl sites for hydroxylation is 1. The van der Waals surface area contributed by atoms with Crippen molar-refractivity contribution >= 4 is 0 Å². The quantitative estimate of drug-likeness (QED) is 0.461. The maximum Gasteiger partial charge on any atom is 0.364 e. The van der Waals surface area contributed by atoms with Gasteiger partial charge in [-0.3, -0.25) is 0 Å². The molecule has 0 aliphatic carbocycles. The SMILES string of the molecule is Cc1nn[nH]c(=O)n1. The highest BCUT2D eigenvalue weighted by Crippen LogP contribution is 1.66. The molecular formula is C3H4N4O. The number of nitrogens with one attached hydrogen (secondary N) is 1. The molecule has 1 aromatic heterocycles. The van der Waals surface area contributed by atoms with Gasteiger partial charge in [0.15, 0.2) is 5.82 Å². The van der Waals surface area contributed by atoms with Crippen LogP contribution in [0.3, 0.4) is 0 Å². The Labute approximate surface area is 44.8 Å². The maximum atomic E-state index is 10.2. The number of H-pyrrole nitrogens is 1.